The highest BCUT2D eigenvalue weighted by molar-refractivity contribution is 5.94. The number of carbonyl (C=O) groups is 2. The van der Waals surface area contributed by atoms with E-state index < -0.39 is 17.9 Å². The normalized spacial score (nSPS) is 12.1. The fourth-order valence-corrected chi connectivity index (χ4v) is 1.04. The van der Waals surface area contributed by atoms with Crippen LogP contribution in [-0.4, -0.2) is 52.2 Å². The third-order valence-corrected chi connectivity index (χ3v) is 1.86. The van der Waals surface area contributed by atoms with Gasteiger partial charge >= 0.3 is 5.97 Å². The Bertz CT molecular complexity index is 351. The summed E-state index contributed by atoms with van der Waals surface area (Å²) >= 11 is 0. The molecule has 3 N–H and O–H groups in total. The van der Waals surface area contributed by atoms with Crippen molar-refractivity contribution >= 4 is 11.9 Å². The predicted molar refractivity (Wildman–Crippen MR) is 51.8 cm³/mol. The van der Waals surface area contributed by atoms with Crippen LogP contribution in [0.15, 0.2) is 6.20 Å². The molecule has 16 heavy (non-hydrogen) atoms. The second-order valence-electron chi connectivity index (χ2n) is 3.00. The van der Waals surface area contributed by atoms with Gasteiger partial charge in [-0.3, -0.25) is 4.79 Å². The third-order valence-electron chi connectivity index (χ3n) is 1.86. The number of aromatic nitrogens is 3. The average Bonchev–Trinajstić information content (AvgIpc) is 2.76. The molecule has 0 aliphatic carbocycles. The second-order valence-corrected chi connectivity index (χ2v) is 3.00. The fraction of sp³-hybridized carbons (Fsp3) is 0.500. The molecule has 88 valence electrons. The molecule has 8 nitrogen and oxygen atoms in total. The lowest BCUT2D eigenvalue weighted by molar-refractivity contribution is -0.139. The molecule has 0 spiro atoms. The maximum absolute atomic E-state index is 11.4. The summed E-state index contributed by atoms with van der Waals surface area (Å²) in [7, 11) is 1.46. The van der Waals surface area contributed by atoms with Crippen LogP contribution in [0.2, 0.25) is 0 Å². The maximum atomic E-state index is 11.4. The van der Waals surface area contributed by atoms with Gasteiger partial charge < -0.3 is 15.2 Å². The molecule has 0 bridgehead atoms. The Morgan fingerprint density at radius 1 is 1.69 bits per heavy atom. The van der Waals surface area contributed by atoms with Crippen LogP contribution in [0, 0.1) is 0 Å². The molecule has 1 aromatic rings. The SMILES string of the molecule is COCCC(NC(=O)c1cn[nH]n1)C(=O)O. The Morgan fingerprint density at radius 3 is 2.94 bits per heavy atom. The van der Waals surface area contributed by atoms with Gasteiger partial charge in [-0.15, -0.1) is 0 Å². The van der Waals surface area contributed by atoms with E-state index in [1.165, 1.54) is 13.3 Å². The van der Waals surface area contributed by atoms with Crippen molar-refractivity contribution in [2.75, 3.05) is 13.7 Å². The first-order chi connectivity index (χ1) is 7.65. The number of H-pyrrole nitrogens is 1. The van der Waals surface area contributed by atoms with Crippen LogP contribution in [0.3, 0.4) is 0 Å². The molecule has 0 aliphatic rings. The van der Waals surface area contributed by atoms with E-state index >= 15 is 0 Å². The third kappa shape index (κ3) is 3.31. The maximum Gasteiger partial charge on any atom is 0.326 e. The number of carboxylic acid groups (broad SMARTS) is 1. The molecule has 0 saturated carbocycles. The highest BCUT2D eigenvalue weighted by Gasteiger charge is 2.21. The number of methoxy groups -OCH3 is 1. The van der Waals surface area contributed by atoms with E-state index in [4.69, 9.17) is 9.84 Å². The van der Waals surface area contributed by atoms with E-state index in [2.05, 4.69) is 20.7 Å². The van der Waals surface area contributed by atoms with Crippen LogP contribution in [0.25, 0.3) is 0 Å². The molecular formula is C8H12N4O4. The standard InChI is InChI=1S/C8H12N4O4/c1-16-3-2-5(8(14)15)10-7(13)6-4-9-12-11-6/h4-5H,2-3H2,1H3,(H,10,13)(H,14,15)(H,9,11,12). The first-order valence-corrected chi connectivity index (χ1v) is 4.53. The molecule has 8 heteroatoms. The summed E-state index contributed by atoms with van der Waals surface area (Å²) < 4.78 is 4.75. The van der Waals surface area contributed by atoms with E-state index in [1.54, 1.807) is 0 Å². The molecule has 0 saturated heterocycles. The molecular weight excluding hydrogens is 216 g/mol. The Kier molecular flexibility index (Phi) is 4.40. The number of aromatic amines is 1. The first-order valence-electron chi connectivity index (χ1n) is 4.53. The summed E-state index contributed by atoms with van der Waals surface area (Å²) in [4.78, 5) is 22.2. The van der Waals surface area contributed by atoms with Crippen molar-refractivity contribution in [3.63, 3.8) is 0 Å². The number of hydrogen-bond acceptors (Lipinski definition) is 5. The molecule has 0 aliphatic heterocycles. The van der Waals surface area contributed by atoms with Crippen LogP contribution in [0.4, 0.5) is 0 Å². The summed E-state index contributed by atoms with van der Waals surface area (Å²) in [6.45, 7) is 0.246. The predicted octanol–water partition coefficient (Wildman–Crippen LogP) is -0.976. The van der Waals surface area contributed by atoms with Crippen molar-refractivity contribution in [1.29, 1.82) is 0 Å². The van der Waals surface area contributed by atoms with Crippen molar-refractivity contribution in [2.24, 2.45) is 0 Å². The Hall–Kier alpha value is -1.96. The Labute approximate surface area is 91.0 Å². The quantitative estimate of drug-likeness (QED) is 0.576. The van der Waals surface area contributed by atoms with Crippen LogP contribution in [-0.2, 0) is 9.53 Å². The minimum Gasteiger partial charge on any atom is -0.480 e. The van der Waals surface area contributed by atoms with Gasteiger partial charge in [-0.05, 0) is 0 Å². The monoisotopic (exact) mass is 228 g/mol. The van der Waals surface area contributed by atoms with Gasteiger partial charge in [0.25, 0.3) is 5.91 Å². The number of carbonyl (C=O) groups excluding carboxylic acids is 1. The summed E-state index contributed by atoms with van der Waals surface area (Å²) in [5, 5.41) is 20.4. The lowest BCUT2D eigenvalue weighted by atomic mass is 10.2. The van der Waals surface area contributed by atoms with Crippen molar-refractivity contribution < 1.29 is 19.4 Å². The van der Waals surface area contributed by atoms with Crippen molar-refractivity contribution in [2.45, 2.75) is 12.5 Å². The molecule has 1 unspecified atom stereocenters. The molecule has 1 amide bonds. The number of nitrogens with one attached hydrogen (secondary N) is 2. The Morgan fingerprint density at radius 2 is 2.44 bits per heavy atom. The van der Waals surface area contributed by atoms with Crippen molar-refractivity contribution in [1.82, 2.24) is 20.7 Å². The van der Waals surface area contributed by atoms with Crippen LogP contribution < -0.4 is 5.32 Å². The average molecular weight is 228 g/mol. The zero-order valence-electron chi connectivity index (χ0n) is 8.64. The van der Waals surface area contributed by atoms with E-state index in [0.29, 0.717) is 0 Å². The fourth-order valence-electron chi connectivity index (χ4n) is 1.04. The zero-order valence-corrected chi connectivity index (χ0v) is 8.64. The van der Waals surface area contributed by atoms with Gasteiger partial charge in [-0.2, -0.15) is 15.4 Å². The number of amides is 1. The van der Waals surface area contributed by atoms with Crippen LogP contribution in [0.1, 0.15) is 16.9 Å². The van der Waals surface area contributed by atoms with Gasteiger partial charge in [0, 0.05) is 20.1 Å². The summed E-state index contributed by atoms with van der Waals surface area (Å²) in [6, 6.07) is -0.996. The molecule has 0 aromatic carbocycles. The number of carboxylic acids is 1. The van der Waals surface area contributed by atoms with Crippen molar-refractivity contribution in [3.8, 4) is 0 Å². The molecule has 0 radical (unpaired) electrons. The Balaban J connectivity index is 2.54. The number of ether oxygens (including phenoxy) is 1. The lowest BCUT2D eigenvalue weighted by Crippen LogP contribution is -2.41. The van der Waals surface area contributed by atoms with Gasteiger partial charge in [0.2, 0.25) is 0 Å². The van der Waals surface area contributed by atoms with Gasteiger partial charge in [0.05, 0.1) is 6.20 Å². The number of nitrogens with zero attached hydrogens (tertiary/aromatic N) is 2. The van der Waals surface area contributed by atoms with E-state index in [9.17, 15) is 9.59 Å². The van der Waals surface area contributed by atoms with Gasteiger partial charge in [-0.1, -0.05) is 0 Å². The molecule has 0 fully saturated rings. The van der Waals surface area contributed by atoms with Gasteiger partial charge in [-0.25, -0.2) is 4.79 Å². The number of aliphatic carboxylic acids is 1. The summed E-state index contributed by atoms with van der Waals surface area (Å²) in [5.74, 6) is -1.70. The smallest absolute Gasteiger partial charge is 0.326 e. The van der Waals surface area contributed by atoms with Crippen LogP contribution in [0.5, 0.6) is 0 Å². The summed E-state index contributed by atoms with van der Waals surface area (Å²) in [6.07, 6.45) is 1.40. The minimum absolute atomic E-state index is 0.0451. The van der Waals surface area contributed by atoms with E-state index in [0.717, 1.165) is 0 Å². The van der Waals surface area contributed by atoms with E-state index in [1.807, 2.05) is 0 Å². The largest absolute Gasteiger partial charge is 0.480 e. The molecule has 1 aromatic heterocycles. The topological polar surface area (TPSA) is 117 Å². The number of rotatable bonds is 6. The first kappa shape index (κ1) is 12.1. The van der Waals surface area contributed by atoms with Gasteiger partial charge in [0.15, 0.2) is 5.69 Å². The van der Waals surface area contributed by atoms with E-state index in [-0.39, 0.29) is 18.7 Å². The minimum atomic E-state index is -1.12. The summed E-state index contributed by atoms with van der Waals surface area (Å²) in [5.41, 5.74) is 0.0451. The molecule has 1 heterocycles. The zero-order chi connectivity index (χ0) is 12.0. The molecule has 1 atom stereocenters. The second kappa shape index (κ2) is 5.81. The lowest BCUT2D eigenvalue weighted by Gasteiger charge is -2.12. The molecule has 1 rings (SSSR count). The number of hydrogen-bond donors (Lipinski definition) is 3. The van der Waals surface area contributed by atoms with Crippen molar-refractivity contribution in [3.05, 3.63) is 11.9 Å². The highest BCUT2D eigenvalue weighted by atomic mass is 16.5. The van der Waals surface area contributed by atoms with Gasteiger partial charge in [0.1, 0.15) is 6.04 Å². The highest BCUT2D eigenvalue weighted by Crippen LogP contribution is 1.96. The van der Waals surface area contributed by atoms with Crippen LogP contribution >= 0.6 is 0 Å².